The molecule has 0 spiro atoms. The van der Waals surface area contributed by atoms with Crippen LogP contribution in [0.5, 0.6) is 5.88 Å². The fourth-order valence-electron chi connectivity index (χ4n) is 1.11. The number of rotatable bonds is 5. The molecule has 5 heteroatoms. The first-order valence-electron chi connectivity index (χ1n) is 4.50. The molecule has 0 bridgehead atoms. The van der Waals surface area contributed by atoms with Gasteiger partial charge in [-0.05, 0) is 7.05 Å². The largest absolute Gasteiger partial charge is 0.478 e. The summed E-state index contributed by atoms with van der Waals surface area (Å²) in [5.41, 5.74) is 0. The third-order valence-electron chi connectivity index (χ3n) is 1.90. The second-order valence-corrected chi connectivity index (χ2v) is 2.91. The second-order valence-electron chi connectivity index (χ2n) is 2.91. The number of hydrogen-bond acceptors (Lipinski definition) is 5. The van der Waals surface area contributed by atoms with Crippen molar-refractivity contribution < 1.29 is 4.74 Å². The normalized spacial score (nSPS) is 9.93. The molecular formula is C9H16N4O. The molecule has 0 atom stereocenters. The van der Waals surface area contributed by atoms with Crippen molar-refractivity contribution in [3.8, 4) is 5.88 Å². The van der Waals surface area contributed by atoms with E-state index in [2.05, 4.69) is 15.3 Å². The zero-order chi connectivity index (χ0) is 10.4. The molecular weight excluding hydrogens is 180 g/mol. The highest BCUT2D eigenvalue weighted by molar-refractivity contribution is 5.46. The minimum atomic E-state index is 0.561. The Balaban J connectivity index is 2.72. The molecule has 1 N–H and O–H groups in total. The molecule has 0 aromatic carbocycles. The van der Waals surface area contributed by atoms with E-state index in [4.69, 9.17) is 4.74 Å². The number of nitrogens with zero attached hydrogens (tertiary/aromatic N) is 3. The van der Waals surface area contributed by atoms with Crippen LogP contribution in [0, 0.1) is 0 Å². The minimum Gasteiger partial charge on any atom is -0.478 e. The molecule has 0 radical (unpaired) electrons. The number of aromatic nitrogens is 2. The standard InChI is InChI=1S/C9H16N4O/c1-10-6-7-13(2)8-9(14-3)12-5-4-11-8/h4-5,10H,6-7H2,1-3H3. The van der Waals surface area contributed by atoms with Gasteiger partial charge in [0.05, 0.1) is 7.11 Å². The van der Waals surface area contributed by atoms with Crippen molar-refractivity contribution in [3.63, 3.8) is 0 Å². The topological polar surface area (TPSA) is 50.3 Å². The third-order valence-corrected chi connectivity index (χ3v) is 1.90. The van der Waals surface area contributed by atoms with Gasteiger partial charge in [-0.3, -0.25) is 0 Å². The van der Waals surface area contributed by atoms with Crippen LogP contribution >= 0.6 is 0 Å². The van der Waals surface area contributed by atoms with Gasteiger partial charge in [0, 0.05) is 32.5 Å². The van der Waals surface area contributed by atoms with Crippen LogP contribution in [-0.4, -0.2) is 44.3 Å². The molecule has 1 heterocycles. The van der Waals surface area contributed by atoms with Gasteiger partial charge < -0.3 is 15.0 Å². The monoisotopic (exact) mass is 196 g/mol. The van der Waals surface area contributed by atoms with Crippen molar-refractivity contribution >= 4 is 5.82 Å². The van der Waals surface area contributed by atoms with E-state index < -0.39 is 0 Å². The third kappa shape index (κ3) is 2.56. The Morgan fingerprint density at radius 1 is 1.43 bits per heavy atom. The lowest BCUT2D eigenvalue weighted by atomic mass is 10.5. The zero-order valence-electron chi connectivity index (χ0n) is 8.82. The van der Waals surface area contributed by atoms with E-state index in [9.17, 15) is 0 Å². The number of anilines is 1. The number of hydrogen-bond donors (Lipinski definition) is 1. The Morgan fingerprint density at radius 3 is 2.79 bits per heavy atom. The van der Waals surface area contributed by atoms with Gasteiger partial charge in [0.2, 0.25) is 0 Å². The van der Waals surface area contributed by atoms with E-state index in [0.717, 1.165) is 18.9 Å². The maximum atomic E-state index is 5.11. The van der Waals surface area contributed by atoms with E-state index >= 15 is 0 Å². The average molecular weight is 196 g/mol. The molecule has 0 unspecified atom stereocenters. The van der Waals surface area contributed by atoms with Crippen LogP contribution in [0.4, 0.5) is 5.82 Å². The summed E-state index contributed by atoms with van der Waals surface area (Å²) >= 11 is 0. The first kappa shape index (κ1) is 10.7. The minimum absolute atomic E-state index is 0.561. The SMILES string of the molecule is CNCCN(C)c1nccnc1OC. The molecule has 0 fully saturated rings. The summed E-state index contributed by atoms with van der Waals surface area (Å²) in [5.74, 6) is 1.33. The first-order valence-corrected chi connectivity index (χ1v) is 4.50. The highest BCUT2D eigenvalue weighted by Gasteiger charge is 2.09. The number of nitrogens with one attached hydrogen (secondary N) is 1. The van der Waals surface area contributed by atoms with E-state index in [-0.39, 0.29) is 0 Å². The smallest absolute Gasteiger partial charge is 0.257 e. The molecule has 78 valence electrons. The van der Waals surface area contributed by atoms with Crippen LogP contribution < -0.4 is 15.0 Å². The van der Waals surface area contributed by atoms with Gasteiger partial charge in [-0.25, -0.2) is 9.97 Å². The summed E-state index contributed by atoms with van der Waals surface area (Å²) in [7, 11) is 5.48. The summed E-state index contributed by atoms with van der Waals surface area (Å²) in [5, 5.41) is 3.08. The molecule has 0 saturated heterocycles. The zero-order valence-corrected chi connectivity index (χ0v) is 8.82. The predicted molar refractivity (Wildman–Crippen MR) is 55.8 cm³/mol. The molecule has 1 rings (SSSR count). The van der Waals surface area contributed by atoms with Gasteiger partial charge in [-0.1, -0.05) is 0 Å². The van der Waals surface area contributed by atoms with Gasteiger partial charge in [0.15, 0.2) is 5.82 Å². The Hall–Kier alpha value is -1.36. The maximum absolute atomic E-state index is 5.11. The van der Waals surface area contributed by atoms with Gasteiger partial charge >= 0.3 is 0 Å². The van der Waals surface area contributed by atoms with Gasteiger partial charge in [-0.15, -0.1) is 0 Å². The summed E-state index contributed by atoms with van der Waals surface area (Å²) in [4.78, 5) is 10.3. The highest BCUT2D eigenvalue weighted by atomic mass is 16.5. The van der Waals surface area contributed by atoms with E-state index in [1.165, 1.54) is 0 Å². The van der Waals surface area contributed by atoms with Crippen molar-refractivity contribution in [1.29, 1.82) is 0 Å². The summed E-state index contributed by atoms with van der Waals surface area (Å²) < 4.78 is 5.11. The number of methoxy groups -OCH3 is 1. The molecule has 0 aliphatic heterocycles. The molecule has 1 aromatic rings. The van der Waals surface area contributed by atoms with Crippen molar-refractivity contribution in [2.45, 2.75) is 0 Å². The molecule has 5 nitrogen and oxygen atoms in total. The van der Waals surface area contributed by atoms with Crippen LogP contribution in [0.1, 0.15) is 0 Å². The van der Waals surface area contributed by atoms with Gasteiger partial charge in [0.1, 0.15) is 0 Å². The molecule has 0 saturated carbocycles. The maximum Gasteiger partial charge on any atom is 0.257 e. The Kier molecular flexibility index (Phi) is 4.12. The van der Waals surface area contributed by atoms with Crippen molar-refractivity contribution in [2.24, 2.45) is 0 Å². The van der Waals surface area contributed by atoms with Crippen molar-refractivity contribution in [3.05, 3.63) is 12.4 Å². The first-order chi connectivity index (χ1) is 6.79. The van der Waals surface area contributed by atoms with Crippen molar-refractivity contribution in [1.82, 2.24) is 15.3 Å². The molecule has 0 aliphatic carbocycles. The lowest BCUT2D eigenvalue weighted by molar-refractivity contribution is 0.396. The Bertz CT molecular complexity index is 279. The van der Waals surface area contributed by atoms with E-state index in [1.807, 2.05) is 19.0 Å². The second kappa shape index (κ2) is 5.39. The van der Waals surface area contributed by atoms with Crippen LogP contribution in [0.2, 0.25) is 0 Å². The predicted octanol–water partition coefficient (Wildman–Crippen LogP) is 0.141. The van der Waals surface area contributed by atoms with Crippen LogP contribution in [0.25, 0.3) is 0 Å². The van der Waals surface area contributed by atoms with E-state index in [1.54, 1.807) is 19.5 Å². The van der Waals surface area contributed by atoms with Crippen LogP contribution in [0.15, 0.2) is 12.4 Å². The van der Waals surface area contributed by atoms with Crippen LogP contribution in [0.3, 0.4) is 0 Å². The molecule has 1 aromatic heterocycles. The lowest BCUT2D eigenvalue weighted by Crippen LogP contribution is -2.28. The van der Waals surface area contributed by atoms with E-state index in [0.29, 0.717) is 5.88 Å². The quantitative estimate of drug-likeness (QED) is 0.726. The Morgan fingerprint density at radius 2 is 2.14 bits per heavy atom. The lowest BCUT2D eigenvalue weighted by Gasteiger charge is -2.18. The fraction of sp³-hybridized carbons (Fsp3) is 0.556. The Labute approximate surface area is 84.1 Å². The number of ether oxygens (including phenoxy) is 1. The number of likely N-dealkylation sites (N-methyl/N-ethyl adjacent to an activating group) is 2. The molecule has 14 heavy (non-hydrogen) atoms. The van der Waals surface area contributed by atoms with Crippen molar-refractivity contribution in [2.75, 3.05) is 39.2 Å². The summed E-state index contributed by atoms with van der Waals surface area (Å²) in [6.45, 7) is 1.77. The van der Waals surface area contributed by atoms with Crippen LogP contribution in [-0.2, 0) is 0 Å². The fourth-order valence-corrected chi connectivity index (χ4v) is 1.11. The molecule has 0 aliphatic rings. The van der Waals surface area contributed by atoms with Gasteiger partial charge in [-0.2, -0.15) is 0 Å². The van der Waals surface area contributed by atoms with Gasteiger partial charge in [0.25, 0.3) is 5.88 Å². The molecule has 0 amide bonds. The average Bonchev–Trinajstić information content (AvgIpc) is 2.25. The highest BCUT2D eigenvalue weighted by Crippen LogP contribution is 2.19. The summed E-state index contributed by atoms with van der Waals surface area (Å²) in [6.07, 6.45) is 3.28. The summed E-state index contributed by atoms with van der Waals surface area (Å²) in [6, 6.07) is 0.